The van der Waals surface area contributed by atoms with Gasteiger partial charge in [-0.05, 0) is 19.1 Å². The minimum Gasteiger partial charge on any atom is -0.311 e. The monoisotopic (exact) mass is 343 g/mol. The number of fused-ring (bicyclic) bond motifs is 1. The Kier molecular flexibility index (Phi) is 4.20. The molecular formula is C14H13N7O4. The molecule has 0 radical (unpaired) electrons. The maximum absolute atomic E-state index is 12.0. The molecule has 0 saturated heterocycles. The molecule has 0 bridgehead atoms. The van der Waals surface area contributed by atoms with Crippen LogP contribution in [-0.2, 0) is 18.4 Å². The number of aromatic nitrogens is 5. The number of hydrogen-bond donors (Lipinski definition) is 0. The molecule has 3 rings (SSSR count). The molecule has 0 aliphatic rings. The van der Waals surface area contributed by atoms with E-state index in [0.717, 1.165) is 21.9 Å². The van der Waals surface area contributed by atoms with Crippen LogP contribution in [0.25, 0.3) is 11.0 Å². The SMILES string of the molecule is C/C(Cn1nnc2ccccc21)=N\OC(=O)c1nn(C)cc1[N+](=O)[O-]. The average molecular weight is 343 g/mol. The summed E-state index contributed by atoms with van der Waals surface area (Å²) < 4.78 is 2.76. The third-order valence-corrected chi connectivity index (χ3v) is 3.28. The van der Waals surface area contributed by atoms with Crippen molar-refractivity contribution in [3.8, 4) is 0 Å². The fourth-order valence-corrected chi connectivity index (χ4v) is 2.20. The van der Waals surface area contributed by atoms with Crippen LogP contribution in [0, 0.1) is 10.1 Å². The van der Waals surface area contributed by atoms with E-state index < -0.39 is 22.3 Å². The summed E-state index contributed by atoms with van der Waals surface area (Å²) in [6, 6.07) is 7.39. The number of carbonyl (C=O) groups excluding carboxylic acids is 1. The van der Waals surface area contributed by atoms with E-state index in [1.54, 1.807) is 11.6 Å². The van der Waals surface area contributed by atoms with Crippen molar-refractivity contribution in [1.82, 2.24) is 24.8 Å². The van der Waals surface area contributed by atoms with E-state index in [-0.39, 0.29) is 6.54 Å². The van der Waals surface area contributed by atoms with Crippen LogP contribution >= 0.6 is 0 Å². The van der Waals surface area contributed by atoms with E-state index >= 15 is 0 Å². The third kappa shape index (κ3) is 3.34. The van der Waals surface area contributed by atoms with Crippen LogP contribution in [0.3, 0.4) is 0 Å². The highest BCUT2D eigenvalue weighted by molar-refractivity contribution is 5.92. The summed E-state index contributed by atoms with van der Waals surface area (Å²) >= 11 is 0. The molecule has 3 aromatic rings. The van der Waals surface area contributed by atoms with Crippen molar-refractivity contribution >= 4 is 28.4 Å². The van der Waals surface area contributed by atoms with Crippen LogP contribution in [0.5, 0.6) is 0 Å². The number of carbonyl (C=O) groups is 1. The number of rotatable bonds is 5. The predicted octanol–water partition coefficient (Wildman–Crippen LogP) is 1.31. The average Bonchev–Trinajstić information content (AvgIpc) is 3.17. The second kappa shape index (κ2) is 6.47. The molecule has 2 aromatic heterocycles. The summed E-state index contributed by atoms with van der Waals surface area (Å²) in [6.07, 6.45) is 1.12. The molecule has 11 nitrogen and oxygen atoms in total. The molecule has 0 aliphatic heterocycles. The highest BCUT2D eigenvalue weighted by atomic mass is 16.7. The Balaban J connectivity index is 1.73. The van der Waals surface area contributed by atoms with Gasteiger partial charge in [0.1, 0.15) is 11.7 Å². The third-order valence-electron chi connectivity index (χ3n) is 3.28. The summed E-state index contributed by atoms with van der Waals surface area (Å²) in [7, 11) is 1.47. The van der Waals surface area contributed by atoms with E-state index in [1.165, 1.54) is 7.05 Å². The van der Waals surface area contributed by atoms with Crippen molar-refractivity contribution < 1.29 is 14.6 Å². The van der Waals surface area contributed by atoms with Crippen LogP contribution in [0.4, 0.5) is 5.69 Å². The Morgan fingerprint density at radius 2 is 2.16 bits per heavy atom. The lowest BCUT2D eigenvalue weighted by atomic mass is 10.3. The maximum atomic E-state index is 12.0. The minimum atomic E-state index is -1.00. The minimum absolute atomic E-state index is 0.248. The first-order chi connectivity index (χ1) is 12.0. The van der Waals surface area contributed by atoms with Crippen LogP contribution in [0.1, 0.15) is 17.4 Å². The van der Waals surface area contributed by atoms with E-state index in [1.807, 2.05) is 24.3 Å². The fourth-order valence-electron chi connectivity index (χ4n) is 2.20. The van der Waals surface area contributed by atoms with Gasteiger partial charge in [-0.1, -0.05) is 22.5 Å². The molecule has 0 fully saturated rings. The largest absolute Gasteiger partial charge is 0.392 e. The Morgan fingerprint density at radius 3 is 2.92 bits per heavy atom. The smallest absolute Gasteiger partial charge is 0.311 e. The number of aryl methyl sites for hydroxylation is 1. The molecular weight excluding hydrogens is 330 g/mol. The molecule has 0 atom stereocenters. The topological polar surface area (TPSA) is 130 Å². The zero-order valence-corrected chi connectivity index (χ0v) is 13.4. The van der Waals surface area contributed by atoms with E-state index in [4.69, 9.17) is 4.84 Å². The summed E-state index contributed by atoms with van der Waals surface area (Å²) in [6.45, 7) is 1.88. The zero-order valence-electron chi connectivity index (χ0n) is 13.4. The lowest BCUT2D eigenvalue weighted by Crippen LogP contribution is -2.11. The van der Waals surface area contributed by atoms with Crippen LogP contribution in [0.2, 0.25) is 0 Å². The van der Waals surface area contributed by atoms with Crippen molar-refractivity contribution in [2.45, 2.75) is 13.5 Å². The molecule has 25 heavy (non-hydrogen) atoms. The number of benzene rings is 1. The Labute approximate surface area is 140 Å². The van der Waals surface area contributed by atoms with Crippen molar-refractivity contribution in [3.05, 3.63) is 46.3 Å². The van der Waals surface area contributed by atoms with Crippen LogP contribution in [0.15, 0.2) is 35.6 Å². The number of oxime groups is 1. The lowest BCUT2D eigenvalue weighted by molar-refractivity contribution is -0.385. The number of nitro groups is 1. The second-order valence-electron chi connectivity index (χ2n) is 5.23. The van der Waals surface area contributed by atoms with Gasteiger partial charge in [0.15, 0.2) is 0 Å². The zero-order chi connectivity index (χ0) is 18.0. The van der Waals surface area contributed by atoms with Gasteiger partial charge >= 0.3 is 11.7 Å². The molecule has 0 unspecified atom stereocenters. The molecule has 0 aliphatic carbocycles. The Hall–Kier alpha value is -3.63. The summed E-state index contributed by atoms with van der Waals surface area (Å²) in [5.41, 5.74) is 1.13. The maximum Gasteiger partial charge on any atom is 0.392 e. The Morgan fingerprint density at radius 1 is 1.40 bits per heavy atom. The highest BCUT2D eigenvalue weighted by Crippen LogP contribution is 2.17. The highest BCUT2D eigenvalue weighted by Gasteiger charge is 2.26. The standard InChI is InChI=1S/C14H13N7O4/c1-9(7-20-11-6-4-3-5-10(11)15-18-20)17-25-14(22)13-12(21(23)24)8-19(2)16-13/h3-6,8H,7H2,1-2H3/b17-9+. The van der Waals surface area contributed by atoms with Gasteiger partial charge in [0.25, 0.3) is 0 Å². The molecule has 0 N–H and O–H groups in total. The Bertz CT molecular complexity index is 988. The molecule has 0 saturated carbocycles. The quantitative estimate of drug-likeness (QED) is 0.295. The molecule has 128 valence electrons. The summed E-state index contributed by atoms with van der Waals surface area (Å²) in [5, 5.41) is 26.3. The second-order valence-corrected chi connectivity index (χ2v) is 5.23. The van der Waals surface area contributed by atoms with Crippen molar-refractivity contribution in [2.24, 2.45) is 12.2 Å². The molecule has 1 aromatic carbocycles. The van der Waals surface area contributed by atoms with Crippen LogP contribution in [-0.4, -0.2) is 41.4 Å². The number of hydrogen-bond acceptors (Lipinski definition) is 8. The molecule has 0 spiro atoms. The number of nitrogens with zero attached hydrogens (tertiary/aromatic N) is 7. The molecule has 0 amide bonds. The van der Waals surface area contributed by atoms with Gasteiger partial charge in [-0.2, -0.15) is 5.10 Å². The van der Waals surface area contributed by atoms with Crippen molar-refractivity contribution in [3.63, 3.8) is 0 Å². The normalized spacial score (nSPS) is 11.7. The number of para-hydroxylation sites is 1. The first kappa shape index (κ1) is 16.2. The van der Waals surface area contributed by atoms with Gasteiger partial charge in [-0.3, -0.25) is 14.8 Å². The van der Waals surface area contributed by atoms with Crippen LogP contribution < -0.4 is 0 Å². The lowest BCUT2D eigenvalue weighted by Gasteiger charge is -2.01. The summed E-state index contributed by atoms with van der Waals surface area (Å²) in [5.74, 6) is -1.00. The van der Waals surface area contributed by atoms with Gasteiger partial charge in [-0.15, -0.1) is 5.10 Å². The summed E-state index contributed by atoms with van der Waals surface area (Å²) in [4.78, 5) is 26.9. The van der Waals surface area contributed by atoms with E-state index in [2.05, 4.69) is 20.6 Å². The first-order valence-electron chi connectivity index (χ1n) is 7.17. The van der Waals surface area contributed by atoms with E-state index in [9.17, 15) is 14.9 Å². The molecule has 11 heteroatoms. The van der Waals surface area contributed by atoms with Crippen molar-refractivity contribution in [1.29, 1.82) is 0 Å². The van der Waals surface area contributed by atoms with Gasteiger partial charge in [0, 0.05) is 7.05 Å². The van der Waals surface area contributed by atoms with Gasteiger partial charge in [0.2, 0.25) is 5.69 Å². The van der Waals surface area contributed by atoms with Gasteiger partial charge in [-0.25, -0.2) is 9.48 Å². The predicted molar refractivity (Wildman–Crippen MR) is 85.9 cm³/mol. The van der Waals surface area contributed by atoms with E-state index in [0.29, 0.717) is 5.71 Å². The molecule has 2 heterocycles. The fraction of sp³-hybridized carbons (Fsp3) is 0.214. The van der Waals surface area contributed by atoms with Gasteiger partial charge < -0.3 is 4.84 Å². The van der Waals surface area contributed by atoms with Crippen molar-refractivity contribution in [2.75, 3.05) is 0 Å². The first-order valence-corrected chi connectivity index (χ1v) is 7.17. The van der Waals surface area contributed by atoms with Gasteiger partial charge in [0.05, 0.1) is 22.7 Å².